The van der Waals surface area contributed by atoms with E-state index in [-0.39, 0.29) is 5.92 Å². The quantitative estimate of drug-likeness (QED) is 0.325. The van der Waals surface area contributed by atoms with Crippen LogP contribution in [0.15, 0.2) is 78.9 Å². The number of carbonyl (C=O) groups is 1. The Labute approximate surface area is 164 Å². The molecular formula is C26H22O2. The summed E-state index contributed by atoms with van der Waals surface area (Å²) < 4.78 is 0. The summed E-state index contributed by atoms with van der Waals surface area (Å²) in [6, 6.07) is 23.3. The predicted octanol–water partition coefficient (Wildman–Crippen LogP) is 6.67. The lowest BCUT2D eigenvalue weighted by atomic mass is 9.78. The Morgan fingerprint density at radius 3 is 2.29 bits per heavy atom. The maximum atomic E-state index is 12.1. The molecule has 1 aliphatic rings. The number of fused-ring (bicyclic) bond motifs is 5. The second-order valence-electron chi connectivity index (χ2n) is 7.79. The number of allylic oxidation sites excluding steroid dienone is 2. The van der Waals surface area contributed by atoms with Gasteiger partial charge in [-0.25, -0.2) is 0 Å². The number of aliphatic carboxylic acids is 1. The summed E-state index contributed by atoms with van der Waals surface area (Å²) >= 11 is 0. The van der Waals surface area contributed by atoms with Gasteiger partial charge >= 0.3 is 5.97 Å². The SMILES string of the molecule is O=C(O)C(c1ccc2ccc3c4ccccc4ccc3c2c1)C1CC=CCC1. The van der Waals surface area contributed by atoms with Crippen LogP contribution in [0, 0.1) is 5.92 Å². The zero-order valence-corrected chi connectivity index (χ0v) is 15.6. The Balaban J connectivity index is 1.72. The number of rotatable bonds is 3. The molecule has 0 spiro atoms. The smallest absolute Gasteiger partial charge is 0.311 e. The summed E-state index contributed by atoms with van der Waals surface area (Å²) in [4.78, 5) is 12.1. The van der Waals surface area contributed by atoms with E-state index in [0.717, 1.165) is 35.6 Å². The summed E-state index contributed by atoms with van der Waals surface area (Å²) in [7, 11) is 0. The molecule has 2 heteroatoms. The minimum Gasteiger partial charge on any atom is -0.481 e. The highest BCUT2D eigenvalue weighted by Crippen LogP contribution is 2.37. The highest BCUT2D eigenvalue weighted by Gasteiger charge is 2.29. The van der Waals surface area contributed by atoms with Crippen molar-refractivity contribution in [3.63, 3.8) is 0 Å². The van der Waals surface area contributed by atoms with Gasteiger partial charge in [0.1, 0.15) is 0 Å². The largest absolute Gasteiger partial charge is 0.481 e. The van der Waals surface area contributed by atoms with Crippen molar-refractivity contribution in [2.24, 2.45) is 5.92 Å². The van der Waals surface area contributed by atoms with E-state index in [4.69, 9.17) is 0 Å². The molecule has 0 saturated heterocycles. The van der Waals surface area contributed by atoms with E-state index < -0.39 is 11.9 Å². The molecule has 0 radical (unpaired) electrons. The Morgan fingerprint density at radius 2 is 1.54 bits per heavy atom. The fraction of sp³-hybridized carbons (Fsp3) is 0.192. The molecule has 0 saturated carbocycles. The van der Waals surface area contributed by atoms with Crippen molar-refractivity contribution in [2.45, 2.75) is 25.2 Å². The number of hydrogen-bond acceptors (Lipinski definition) is 1. The Morgan fingerprint density at radius 1 is 0.821 bits per heavy atom. The fourth-order valence-corrected chi connectivity index (χ4v) is 4.77. The van der Waals surface area contributed by atoms with E-state index in [0.29, 0.717) is 0 Å². The molecule has 0 amide bonds. The van der Waals surface area contributed by atoms with Gasteiger partial charge in [-0.05, 0) is 69.1 Å². The van der Waals surface area contributed by atoms with Crippen molar-refractivity contribution in [3.05, 3.63) is 84.4 Å². The highest BCUT2D eigenvalue weighted by molar-refractivity contribution is 6.17. The van der Waals surface area contributed by atoms with Gasteiger partial charge in [0.25, 0.3) is 0 Å². The molecule has 4 aromatic rings. The van der Waals surface area contributed by atoms with E-state index in [1.165, 1.54) is 21.5 Å². The summed E-state index contributed by atoms with van der Waals surface area (Å²) in [5.41, 5.74) is 0.918. The Hall–Kier alpha value is -3.13. The molecule has 0 bridgehead atoms. The minimum absolute atomic E-state index is 0.163. The first kappa shape index (κ1) is 17.0. The van der Waals surface area contributed by atoms with E-state index in [1.54, 1.807) is 0 Å². The predicted molar refractivity (Wildman–Crippen MR) is 116 cm³/mol. The van der Waals surface area contributed by atoms with Gasteiger partial charge in [-0.2, -0.15) is 0 Å². The van der Waals surface area contributed by atoms with Crippen LogP contribution < -0.4 is 0 Å². The van der Waals surface area contributed by atoms with E-state index in [1.807, 2.05) is 6.07 Å². The van der Waals surface area contributed by atoms with Crippen LogP contribution in [0.25, 0.3) is 32.3 Å². The van der Waals surface area contributed by atoms with E-state index >= 15 is 0 Å². The van der Waals surface area contributed by atoms with Gasteiger partial charge in [0, 0.05) is 0 Å². The van der Waals surface area contributed by atoms with Gasteiger partial charge in [0.15, 0.2) is 0 Å². The lowest BCUT2D eigenvalue weighted by Crippen LogP contribution is -2.22. The van der Waals surface area contributed by atoms with Gasteiger partial charge in [0.05, 0.1) is 5.92 Å². The van der Waals surface area contributed by atoms with E-state index in [2.05, 4.69) is 72.8 Å². The molecule has 0 fully saturated rings. The molecule has 4 aromatic carbocycles. The van der Waals surface area contributed by atoms with Crippen molar-refractivity contribution in [1.29, 1.82) is 0 Å². The topological polar surface area (TPSA) is 37.3 Å². The highest BCUT2D eigenvalue weighted by atomic mass is 16.4. The maximum absolute atomic E-state index is 12.1. The second-order valence-corrected chi connectivity index (χ2v) is 7.79. The van der Waals surface area contributed by atoms with Crippen LogP contribution in [0.1, 0.15) is 30.7 Å². The van der Waals surface area contributed by atoms with Crippen molar-refractivity contribution in [2.75, 3.05) is 0 Å². The standard InChI is InChI=1S/C26H22O2/c27-26(28)25(19-7-2-1-3-8-19)20-11-10-18-13-14-22-21-9-5-4-6-17(21)12-15-23(22)24(18)16-20/h1-2,4-6,9-16,19,25H,3,7-8H2,(H,27,28). The zero-order valence-electron chi connectivity index (χ0n) is 15.6. The molecule has 2 atom stereocenters. The summed E-state index contributed by atoms with van der Waals surface area (Å²) in [5, 5.41) is 17.1. The van der Waals surface area contributed by atoms with Gasteiger partial charge in [-0.15, -0.1) is 0 Å². The van der Waals surface area contributed by atoms with Crippen LogP contribution in [-0.4, -0.2) is 11.1 Å². The third-order valence-electron chi connectivity index (χ3n) is 6.17. The van der Waals surface area contributed by atoms with Crippen molar-refractivity contribution >= 4 is 38.3 Å². The minimum atomic E-state index is -0.717. The number of benzene rings is 4. The Kier molecular flexibility index (Phi) is 4.12. The third kappa shape index (κ3) is 2.77. The first-order valence-electron chi connectivity index (χ1n) is 9.94. The fourth-order valence-electron chi connectivity index (χ4n) is 4.77. The average molecular weight is 366 g/mol. The second kappa shape index (κ2) is 6.79. The average Bonchev–Trinajstić information content (AvgIpc) is 2.74. The van der Waals surface area contributed by atoms with Gasteiger partial charge < -0.3 is 5.11 Å². The molecule has 2 nitrogen and oxygen atoms in total. The number of carboxylic acid groups (broad SMARTS) is 1. The van der Waals surface area contributed by atoms with Crippen molar-refractivity contribution < 1.29 is 9.90 Å². The van der Waals surface area contributed by atoms with Crippen LogP contribution >= 0.6 is 0 Å². The first-order valence-corrected chi connectivity index (χ1v) is 9.94. The number of carboxylic acids is 1. The van der Waals surface area contributed by atoms with Crippen LogP contribution in [0.2, 0.25) is 0 Å². The van der Waals surface area contributed by atoms with Gasteiger partial charge in [0.2, 0.25) is 0 Å². The zero-order chi connectivity index (χ0) is 19.1. The summed E-state index contributed by atoms with van der Waals surface area (Å²) in [5.74, 6) is -1.01. The monoisotopic (exact) mass is 366 g/mol. The van der Waals surface area contributed by atoms with Crippen LogP contribution in [-0.2, 0) is 4.79 Å². The van der Waals surface area contributed by atoms with Gasteiger partial charge in [-0.3, -0.25) is 4.79 Å². The Bertz CT molecular complexity index is 1240. The van der Waals surface area contributed by atoms with Crippen molar-refractivity contribution in [3.8, 4) is 0 Å². The van der Waals surface area contributed by atoms with Crippen LogP contribution in [0.4, 0.5) is 0 Å². The van der Waals surface area contributed by atoms with Crippen molar-refractivity contribution in [1.82, 2.24) is 0 Å². The van der Waals surface area contributed by atoms with Crippen LogP contribution in [0.5, 0.6) is 0 Å². The van der Waals surface area contributed by atoms with Gasteiger partial charge in [-0.1, -0.05) is 72.8 Å². The molecule has 1 N–H and O–H groups in total. The molecule has 5 rings (SSSR count). The molecular weight excluding hydrogens is 344 g/mol. The lowest BCUT2D eigenvalue weighted by Gasteiger charge is -2.25. The molecule has 138 valence electrons. The molecule has 0 aliphatic heterocycles. The first-order chi connectivity index (χ1) is 13.7. The molecule has 28 heavy (non-hydrogen) atoms. The molecule has 0 heterocycles. The van der Waals surface area contributed by atoms with Crippen LogP contribution in [0.3, 0.4) is 0 Å². The number of hydrogen-bond donors (Lipinski definition) is 1. The molecule has 1 aliphatic carbocycles. The molecule has 0 aromatic heterocycles. The third-order valence-corrected chi connectivity index (χ3v) is 6.17. The summed E-state index contributed by atoms with van der Waals surface area (Å²) in [6.07, 6.45) is 7.04. The normalized spacial score (nSPS) is 17.9. The van der Waals surface area contributed by atoms with E-state index in [9.17, 15) is 9.90 Å². The molecule has 2 unspecified atom stereocenters. The summed E-state index contributed by atoms with van der Waals surface area (Å²) in [6.45, 7) is 0. The maximum Gasteiger partial charge on any atom is 0.311 e. The lowest BCUT2D eigenvalue weighted by molar-refractivity contribution is -0.140.